The van der Waals surface area contributed by atoms with E-state index in [0.29, 0.717) is 5.56 Å². The second kappa shape index (κ2) is 3.58. The van der Waals surface area contributed by atoms with Crippen molar-refractivity contribution in [3.05, 3.63) is 29.6 Å². The van der Waals surface area contributed by atoms with Gasteiger partial charge >= 0.3 is 5.97 Å². The van der Waals surface area contributed by atoms with Crippen LogP contribution in [0.1, 0.15) is 29.0 Å². The van der Waals surface area contributed by atoms with Crippen LogP contribution in [0.15, 0.2) is 18.2 Å². The van der Waals surface area contributed by atoms with Gasteiger partial charge in [-0.2, -0.15) is 0 Å². The molecule has 0 radical (unpaired) electrons. The number of fused-ring (bicyclic) bond motifs is 1. The van der Waals surface area contributed by atoms with E-state index in [4.69, 9.17) is 5.11 Å². The van der Waals surface area contributed by atoms with Crippen molar-refractivity contribution in [2.75, 3.05) is 0 Å². The lowest BCUT2D eigenvalue weighted by molar-refractivity contribution is 0.0697. The molecule has 0 atom stereocenters. The SMILES string of the molecule is Cn1c(CC2CC2)nc2cc(C(=O)O)ccc21. The van der Waals surface area contributed by atoms with Crippen molar-refractivity contribution >= 4 is 17.0 Å². The van der Waals surface area contributed by atoms with Crippen LogP contribution >= 0.6 is 0 Å². The van der Waals surface area contributed by atoms with Gasteiger partial charge in [0.05, 0.1) is 16.6 Å². The highest BCUT2D eigenvalue weighted by Gasteiger charge is 2.24. The molecule has 0 saturated heterocycles. The first kappa shape index (κ1) is 10.3. The Morgan fingerprint density at radius 3 is 2.94 bits per heavy atom. The highest BCUT2D eigenvalue weighted by molar-refractivity contribution is 5.92. The molecule has 1 N–H and O–H groups in total. The zero-order chi connectivity index (χ0) is 12.0. The number of aromatic carboxylic acids is 1. The second-order valence-electron chi connectivity index (χ2n) is 4.74. The zero-order valence-corrected chi connectivity index (χ0v) is 9.68. The van der Waals surface area contributed by atoms with Crippen molar-refractivity contribution in [1.29, 1.82) is 0 Å². The smallest absolute Gasteiger partial charge is 0.335 e. The maximum Gasteiger partial charge on any atom is 0.335 e. The lowest BCUT2D eigenvalue weighted by atomic mass is 10.2. The van der Waals surface area contributed by atoms with Crippen LogP contribution in [0, 0.1) is 5.92 Å². The number of aryl methyl sites for hydroxylation is 1. The predicted octanol–water partition coefficient (Wildman–Crippen LogP) is 2.22. The van der Waals surface area contributed by atoms with Crippen LogP contribution in [0.25, 0.3) is 11.0 Å². The van der Waals surface area contributed by atoms with Gasteiger partial charge in [-0.15, -0.1) is 0 Å². The highest BCUT2D eigenvalue weighted by Crippen LogP contribution is 2.33. The van der Waals surface area contributed by atoms with Crippen molar-refractivity contribution in [3.63, 3.8) is 0 Å². The molecular weight excluding hydrogens is 216 g/mol. The number of benzene rings is 1. The summed E-state index contributed by atoms with van der Waals surface area (Å²) in [6.07, 6.45) is 3.60. The van der Waals surface area contributed by atoms with Gasteiger partial charge in [-0.1, -0.05) is 0 Å². The van der Waals surface area contributed by atoms with Crippen LogP contribution in [-0.2, 0) is 13.5 Å². The fraction of sp³-hybridized carbons (Fsp3) is 0.385. The van der Waals surface area contributed by atoms with Crippen LogP contribution in [0.5, 0.6) is 0 Å². The maximum absolute atomic E-state index is 10.9. The third-order valence-corrected chi connectivity index (χ3v) is 3.39. The minimum absolute atomic E-state index is 0.300. The summed E-state index contributed by atoms with van der Waals surface area (Å²) in [4.78, 5) is 15.4. The highest BCUT2D eigenvalue weighted by atomic mass is 16.4. The summed E-state index contributed by atoms with van der Waals surface area (Å²) in [7, 11) is 1.99. The summed E-state index contributed by atoms with van der Waals surface area (Å²) in [5, 5.41) is 8.94. The minimum Gasteiger partial charge on any atom is -0.478 e. The molecule has 1 aliphatic carbocycles. The first-order valence-corrected chi connectivity index (χ1v) is 5.84. The number of aromatic nitrogens is 2. The van der Waals surface area contributed by atoms with E-state index in [1.165, 1.54) is 12.8 Å². The number of rotatable bonds is 3. The molecule has 4 heteroatoms. The number of hydrogen-bond acceptors (Lipinski definition) is 2. The number of carboxylic acids is 1. The van der Waals surface area contributed by atoms with Gasteiger partial charge in [0.25, 0.3) is 0 Å². The molecule has 0 unspecified atom stereocenters. The Morgan fingerprint density at radius 1 is 1.53 bits per heavy atom. The molecule has 0 bridgehead atoms. The second-order valence-corrected chi connectivity index (χ2v) is 4.74. The van der Waals surface area contributed by atoms with Gasteiger partial charge in [-0.3, -0.25) is 0 Å². The third-order valence-electron chi connectivity index (χ3n) is 3.39. The Kier molecular flexibility index (Phi) is 2.18. The Hall–Kier alpha value is -1.84. The van der Waals surface area contributed by atoms with Crippen LogP contribution < -0.4 is 0 Å². The molecule has 1 aromatic heterocycles. The molecular formula is C13H14N2O2. The van der Waals surface area contributed by atoms with Gasteiger partial charge in [0.1, 0.15) is 5.82 Å². The molecule has 1 aromatic carbocycles. The van der Waals surface area contributed by atoms with Gasteiger partial charge in [0.2, 0.25) is 0 Å². The summed E-state index contributed by atoms with van der Waals surface area (Å²) in [5.41, 5.74) is 2.09. The van der Waals surface area contributed by atoms with E-state index in [0.717, 1.165) is 29.2 Å². The molecule has 3 rings (SSSR count). The fourth-order valence-electron chi connectivity index (χ4n) is 2.15. The fourth-order valence-corrected chi connectivity index (χ4v) is 2.15. The van der Waals surface area contributed by atoms with Crippen molar-refractivity contribution in [2.45, 2.75) is 19.3 Å². The van der Waals surface area contributed by atoms with Crippen molar-refractivity contribution < 1.29 is 9.90 Å². The molecule has 1 heterocycles. The van der Waals surface area contributed by atoms with E-state index in [9.17, 15) is 4.79 Å². The summed E-state index contributed by atoms with van der Waals surface area (Å²) < 4.78 is 2.07. The summed E-state index contributed by atoms with van der Waals surface area (Å²) >= 11 is 0. The number of carboxylic acid groups (broad SMARTS) is 1. The standard InChI is InChI=1S/C13H14N2O2/c1-15-11-5-4-9(13(16)17)7-10(11)14-12(15)6-8-2-3-8/h4-5,7-8H,2-3,6H2,1H3,(H,16,17). The number of nitrogens with zero attached hydrogens (tertiary/aromatic N) is 2. The lowest BCUT2D eigenvalue weighted by Gasteiger charge is -2.00. The molecule has 17 heavy (non-hydrogen) atoms. The molecule has 0 spiro atoms. The minimum atomic E-state index is -0.902. The largest absolute Gasteiger partial charge is 0.478 e. The zero-order valence-electron chi connectivity index (χ0n) is 9.68. The van der Waals surface area contributed by atoms with Crippen LogP contribution in [-0.4, -0.2) is 20.6 Å². The summed E-state index contributed by atoms with van der Waals surface area (Å²) in [6, 6.07) is 5.11. The Morgan fingerprint density at radius 2 is 2.29 bits per heavy atom. The molecule has 1 aliphatic rings. The van der Waals surface area contributed by atoms with E-state index in [-0.39, 0.29) is 0 Å². The van der Waals surface area contributed by atoms with E-state index in [1.54, 1.807) is 12.1 Å². The topological polar surface area (TPSA) is 55.1 Å². The number of hydrogen-bond donors (Lipinski definition) is 1. The van der Waals surface area contributed by atoms with E-state index in [1.807, 2.05) is 13.1 Å². The average Bonchev–Trinajstić information content (AvgIpc) is 3.05. The first-order valence-electron chi connectivity index (χ1n) is 5.84. The Labute approximate surface area is 98.9 Å². The molecule has 0 aliphatic heterocycles. The Balaban J connectivity index is 2.07. The molecule has 0 amide bonds. The monoisotopic (exact) mass is 230 g/mol. The lowest BCUT2D eigenvalue weighted by Crippen LogP contribution is -1.98. The van der Waals surface area contributed by atoms with E-state index < -0.39 is 5.97 Å². The molecule has 2 aromatic rings. The third kappa shape index (κ3) is 1.79. The van der Waals surface area contributed by atoms with E-state index >= 15 is 0 Å². The van der Waals surface area contributed by atoms with Crippen LogP contribution in [0.2, 0.25) is 0 Å². The van der Waals surface area contributed by atoms with Gasteiger partial charge in [-0.25, -0.2) is 9.78 Å². The summed E-state index contributed by atoms with van der Waals surface area (Å²) in [6.45, 7) is 0. The first-order chi connectivity index (χ1) is 8.15. The van der Waals surface area contributed by atoms with Gasteiger partial charge < -0.3 is 9.67 Å². The van der Waals surface area contributed by atoms with Crippen LogP contribution in [0.4, 0.5) is 0 Å². The van der Waals surface area contributed by atoms with Crippen molar-refractivity contribution in [3.8, 4) is 0 Å². The van der Waals surface area contributed by atoms with Crippen LogP contribution in [0.3, 0.4) is 0 Å². The number of imidazole rings is 1. The molecule has 1 fully saturated rings. The normalized spacial score (nSPS) is 15.4. The Bertz CT molecular complexity index is 597. The van der Waals surface area contributed by atoms with Gasteiger partial charge in [0, 0.05) is 13.5 Å². The molecule has 4 nitrogen and oxygen atoms in total. The predicted molar refractivity (Wildman–Crippen MR) is 64.1 cm³/mol. The van der Waals surface area contributed by atoms with Gasteiger partial charge in [0.15, 0.2) is 0 Å². The van der Waals surface area contributed by atoms with Crippen molar-refractivity contribution in [1.82, 2.24) is 9.55 Å². The average molecular weight is 230 g/mol. The molecule has 1 saturated carbocycles. The number of carbonyl (C=O) groups is 1. The van der Waals surface area contributed by atoms with E-state index in [2.05, 4.69) is 9.55 Å². The summed E-state index contributed by atoms with van der Waals surface area (Å²) in [5.74, 6) is 0.941. The van der Waals surface area contributed by atoms with Gasteiger partial charge in [-0.05, 0) is 37.0 Å². The van der Waals surface area contributed by atoms with Crippen molar-refractivity contribution in [2.24, 2.45) is 13.0 Å². The maximum atomic E-state index is 10.9. The molecule has 88 valence electrons. The quantitative estimate of drug-likeness (QED) is 0.879.